The first kappa shape index (κ1) is 15.5. The van der Waals surface area contributed by atoms with Gasteiger partial charge in [-0.05, 0) is 39.3 Å². The SMILES string of the molecule is CCC1OCCC1C(Cc1ccn(C(C)CC)n1)NC. The standard InChI is InChI=1S/C16H29N3O/c1-5-12(3)19-9-7-13(18-19)11-15(17-4)14-8-10-20-16(14)6-2/h7,9,12,14-17H,5-6,8,10-11H2,1-4H3. The monoisotopic (exact) mass is 279 g/mol. The smallest absolute Gasteiger partial charge is 0.0640 e. The lowest BCUT2D eigenvalue weighted by molar-refractivity contribution is 0.0782. The Balaban J connectivity index is 2.01. The van der Waals surface area contributed by atoms with Gasteiger partial charge in [0.1, 0.15) is 0 Å². The largest absolute Gasteiger partial charge is 0.378 e. The van der Waals surface area contributed by atoms with Crippen molar-refractivity contribution in [1.29, 1.82) is 0 Å². The Hall–Kier alpha value is -0.870. The molecule has 4 nitrogen and oxygen atoms in total. The van der Waals surface area contributed by atoms with Crippen LogP contribution >= 0.6 is 0 Å². The summed E-state index contributed by atoms with van der Waals surface area (Å²) in [4.78, 5) is 0. The van der Waals surface area contributed by atoms with Gasteiger partial charge in [-0.3, -0.25) is 4.68 Å². The molecule has 0 amide bonds. The van der Waals surface area contributed by atoms with Crippen LogP contribution in [0.25, 0.3) is 0 Å². The van der Waals surface area contributed by atoms with Gasteiger partial charge in [0.25, 0.3) is 0 Å². The third kappa shape index (κ3) is 3.41. The Bertz CT molecular complexity index is 404. The zero-order chi connectivity index (χ0) is 14.5. The summed E-state index contributed by atoms with van der Waals surface area (Å²) in [7, 11) is 2.06. The highest BCUT2D eigenvalue weighted by atomic mass is 16.5. The molecule has 1 aliphatic heterocycles. The van der Waals surface area contributed by atoms with Gasteiger partial charge < -0.3 is 10.1 Å². The minimum absolute atomic E-state index is 0.407. The fraction of sp³-hybridized carbons (Fsp3) is 0.812. The molecule has 1 N–H and O–H groups in total. The van der Waals surface area contributed by atoms with Crippen molar-refractivity contribution < 1.29 is 4.74 Å². The second-order valence-corrected chi connectivity index (χ2v) is 5.91. The topological polar surface area (TPSA) is 39.1 Å². The summed E-state index contributed by atoms with van der Waals surface area (Å²) < 4.78 is 7.92. The molecule has 2 rings (SSSR count). The molecular weight excluding hydrogens is 250 g/mol. The number of nitrogens with zero attached hydrogens (tertiary/aromatic N) is 2. The van der Waals surface area contributed by atoms with Crippen LogP contribution in [0, 0.1) is 5.92 Å². The summed E-state index contributed by atoms with van der Waals surface area (Å²) in [6.07, 6.45) is 6.89. The molecule has 1 saturated heterocycles. The van der Waals surface area contributed by atoms with Gasteiger partial charge in [-0.2, -0.15) is 5.10 Å². The first-order valence-corrected chi connectivity index (χ1v) is 8.02. The predicted octanol–water partition coefficient (Wildman–Crippen LogP) is 2.80. The van der Waals surface area contributed by atoms with E-state index in [2.05, 4.69) is 50.1 Å². The van der Waals surface area contributed by atoms with E-state index in [9.17, 15) is 0 Å². The Labute approximate surface area is 122 Å². The third-order valence-electron chi connectivity index (χ3n) is 4.69. The number of aromatic nitrogens is 2. The average Bonchev–Trinajstić information content (AvgIpc) is 3.12. The van der Waals surface area contributed by atoms with Crippen molar-refractivity contribution in [3.05, 3.63) is 18.0 Å². The fourth-order valence-corrected chi connectivity index (χ4v) is 3.16. The molecule has 0 spiro atoms. The van der Waals surface area contributed by atoms with Crippen LogP contribution in [0.1, 0.15) is 51.8 Å². The van der Waals surface area contributed by atoms with Crippen molar-refractivity contribution in [2.24, 2.45) is 5.92 Å². The van der Waals surface area contributed by atoms with E-state index in [1.54, 1.807) is 0 Å². The van der Waals surface area contributed by atoms with Gasteiger partial charge in [0.05, 0.1) is 11.8 Å². The van der Waals surface area contributed by atoms with Crippen molar-refractivity contribution in [3.8, 4) is 0 Å². The molecule has 0 aliphatic carbocycles. The van der Waals surface area contributed by atoms with Crippen molar-refractivity contribution in [3.63, 3.8) is 0 Å². The van der Waals surface area contributed by atoms with E-state index in [1.165, 1.54) is 5.69 Å². The van der Waals surface area contributed by atoms with Crippen LogP contribution in [0.5, 0.6) is 0 Å². The lowest BCUT2D eigenvalue weighted by Crippen LogP contribution is -2.39. The predicted molar refractivity (Wildman–Crippen MR) is 81.9 cm³/mol. The number of nitrogens with one attached hydrogen (secondary N) is 1. The molecule has 1 aromatic heterocycles. The van der Waals surface area contributed by atoms with E-state index in [0.29, 0.717) is 24.1 Å². The van der Waals surface area contributed by atoms with Crippen LogP contribution < -0.4 is 5.32 Å². The van der Waals surface area contributed by atoms with E-state index >= 15 is 0 Å². The summed E-state index contributed by atoms with van der Waals surface area (Å²) >= 11 is 0. The Kier molecular flexibility index (Phi) is 5.61. The molecule has 1 aromatic rings. The van der Waals surface area contributed by atoms with Crippen LogP contribution in [0.3, 0.4) is 0 Å². The zero-order valence-electron chi connectivity index (χ0n) is 13.3. The molecule has 0 saturated carbocycles. The van der Waals surface area contributed by atoms with Crippen LogP contribution in [0.15, 0.2) is 12.3 Å². The molecule has 114 valence electrons. The Morgan fingerprint density at radius 1 is 1.50 bits per heavy atom. The van der Waals surface area contributed by atoms with Crippen LogP contribution in [0.4, 0.5) is 0 Å². The van der Waals surface area contributed by atoms with Gasteiger partial charge in [-0.15, -0.1) is 0 Å². The Morgan fingerprint density at radius 2 is 2.30 bits per heavy atom. The quantitative estimate of drug-likeness (QED) is 0.834. The molecule has 2 heterocycles. The molecule has 4 unspecified atom stereocenters. The second kappa shape index (κ2) is 7.23. The fourth-order valence-electron chi connectivity index (χ4n) is 3.16. The second-order valence-electron chi connectivity index (χ2n) is 5.91. The molecule has 0 bridgehead atoms. The maximum atomic E-state index is 5.83. The van der Waals surface area contributed by atoms with Crippen molar-refractivity contribution in [2.45, 2.75) is 64.6 Å². The normalized spacial score (nSPS) is 25.8. The number of rotatable bonds is 7. The van der Waals surface area contributed by atoms with E-state index < -0.39 is 0 Å². The van der Waals surface area contributed by atoms with Gasteiger partial charge in [0, 0.05) is 37.2 Å². The summed E-state index contributed by atoms with van der Waals surface area (Å²) in [5.41, 5.74) is 1.19. The van der Waals surface area contributed by atoms with Gasteiger partial charge in [0.2, 0.25) is 0 Å². The van der Waals surface area contributed by atoms with Crippen LogP contribution in [-0.2, 0) is 11.2 Å². The number of hydrogen-bond donors (Lipinski definition) is 1. The van der Waals surface area contributed by atoms with Crippen molar-refractivity contribution in [2.75, 3.05) is 13.7 Å². The van der Waals surface area contributed by atoms with E-state index in [0.717, 1.165) is 32.3 Å². The van der Waals surface area contributed by atoms with E-state index in [1.807, 2.05) is 0 Å². The van der Waals surface area contributed by atoms with Crippen LogP contribution in [0.2, 0.25) is 0 Å². The van der Waals surface area contributed by atoms with Crippen LogP contribution in [-0.4, -0.2) is 35.6 Å². The number of hydrogen-bond acceptors (Lipinski definition) is 3. The molecule has 1 fully saturated rings. The lowest BCUT2D eigenvalue weighted by Gasteiger charge is -2.26. The summed E-state index contributed by atoms with van der Waals surface area (Å²) in [6, 6.07) is 3.10. The molecule has 0 aromatic carbocycles. The Morgan fingerprint density at radius 3 is 2.95 bits per heavy atom. The summed E-state index contributed by atoms with van der Waals surface area (Å²) in [5.74, 6) is 0.610. The molecule has 4 atom stereocenters. The van der Waals surface area contributed by atoms with E-state index in [-0.39, 0.29) is 0 Å². The molecular formula is C16H29N3O. The lowest BCUT2D eigenvalue weighted by atomic mass is 9.88. The summed E-state index contributed by atoms with van der Waals surface area (Å²) in [6.45, 7) is 7.53. The highest BCUT2D eigenvalue weighted by Crippen LogP contribution is 2.28. The van der Waals surface area contributed by atoms with Crippen molar-refractivity contribution in [1.82, 2.24) is 15.1 Å². The average molecular weight is 279 g/mol. The molecule has 0 radical (unpaired) electrons. The van der Waals surface area contributed by atoms with E-state index in [4.69, 9.17) is 9.84 Å². The highest BCUT2D eigenvalue weighted by Gasteiger charge is 2.33. The molecule has 4 heteroatoms. The minimum Gasteiger partial charge on any atom is -0.378 e. The minimum atomic E-state index is 0.407. The first-order valence-electron chi connectivity index (χ1n) is 8.02. The van der Waals surface area contributed by atoms with Crippen molar-refractivity contribution >= 4 is 0 Å². The summed E-state index contributed by atoms with van der Waals surface area (Å²) in [5, 5.41) is 8.21. The highest BCUT2D eigenvalue weighted by molar-refractivity contribution is 5.04. The van der Waals surface area contributed by atoms with Gasteiger partial charge in [0.15, 0.2) is 0 Å². The molecule has 1 aliphatic rings. The first-order chi connectivity index (χ1) is 9.69. The van der Waals surface area contributed by atoms with Gasteiger partial charge in [-0.25, -0.2) is 0 Å². The maximum absolute atomic E-state index is 5.83. The number of likely N-dealkylation sites (N-methyl/N-ethyl adjacent to an activating group) is 1. The van der Waals surface area contributed by atoms with Gasteiger partial charge >= 0.3 is 0 Å². The third-order valence-corrected chi connectivity index (χ3v) is 4.69. The molecule has 20 heavy (non-hydrogen) atoms. The maximum Gasteiger partial charge on any atom is 0.0640 e. The van der Waals surface area contributed by atoms with Gasteiger partial charge in [-0.1, -0.05) is 13.8 Å². The number of ether oxygens (including phenoxy) is 1. The zero-order valence-corrected chi connectivity index (χ0v) is 13.3.